The summed E-state index contributed by atoms with van der Waals surface area (Å²) in [5.41, 5.74) is 0.802. The number of aromatic nitrogens is 1. The van der Waals surface area contributed by atoms with Crippen LogP contribution in [0.2, 0.25) is 0 Å². The Morgan fingerprint density at radius 2 is 1.76 bits per heavy atom. The number of hydrogen-bond acceptors (Lipinski definition) is 10. The zero-order valence-electron chi connectivity index (χ0n) is 22.0. The lowest BCUT2D eigenvalue weighted by Gasteiger charge is -2.25. The molecule has 210 valence electrons. The maximum atomic E-state index is 13.4. The Morgan fingerprint density at radius 1 is 1.10 bits per heavy atom. The van der Waals surface area contributed by atoms with E-state index in [0.29, 0.717) is 16.9 Å². The molecule has 1 aliphatic rings. The van der Waals surface area contributed by atoms with Crippen LogP contribution in [-0.4, -0.2) is 35.1 Å². The summed E-state index contributed by atoms with van der Waals surface area (Å²) in [6.07, 6.45) is 2.36. The van der Waals surface area contributed by atoms with Crippen LogP contribution in [0.25, 0.3) is 0 Å². The van der Waals surface area contributed by atoms with Gasteiger partial charge in [0.05, 0.1) is 33.9 Å². The van der Waals surface area contributed by atoms with Crippen LogP contribution in [0.15, 0.2) is 98.0 Å². The Bertz CT molecular complexity index is 1800. The number of benzene rings is 2. The van der Waals surface area contributed by atoms with Gasteiger partial charge in [-0.3, -0.25) is 24.6 Å². The smallest absolute Gasteiger partial charge is 0.296 e. The number of nitro benzene ring substituents is 1. The molecule has 4 aromatic rings. The van der Waals surface area contributed by atoms with E-state index in [9.17, 15) is 33.2 Å². The molecule has 3 heterocycles. The zero-order chi connectivity index (χ0) is 29.7. The number of aliphatic hydroxyl groups excluding tert-OH is 1. The number of aliphatic hydroxyl groups is 1. The molecule has 0 bridgehead atoms. The molecule has 0 fully saturated rings. The van der Waals surface area contributed by atoms with E-state index in [4.69, 9.17) is 4.42 Å². The van der Waals surface area contributed by atoms with Crippen LogP contribution in [0.3, 0.4) is 0 Å². The van der Waals surface area contributed by atoms with E-state index in [1.54, 1.807) is 12.1 Å². The highest BCUT2D eigenvalue weighted by Gasteiger charge is 2.46. The first-order chi connectivity index (χ1) is 19.3. The van der Waals surface area contributed by atoms with E-state index in [1.165, 1.54) is 18.4 Å². The molecule has 0 saturated carbocycles. The second kappa shape index (κ2) is 10.1. The summed E-state index contributed by atoms with van der Waals surface area (Å²) in [5, 5.41) is 21.8. The van der Waals surface area contributed by atoms with Gasteiger partial charge in [0.1, 0.15) is 4.21 Å². The van der Waals surface area contributed by atoms with Gasteiger partial charge in [-0.15, -0.1) is 0 Å². The van der Waals surface area contributed by atoms with Gasteiger partial charge in [0, 0.05) is 12.1 Å². The molecule has 41 heavy (non-hydrogen) atoms. The van der Waals surface area contributed by atoms with Crippen molar-refractivity contribution in [2.45, 2.75) is 41.3 Å². The molecule has 1 aliphatic heterocycles. The fraction of sp³-hybridized carbons (Fsp3) is 0.179. The summed E-state index contributed by atoms with van der Waals surface area (Å²) < 4.78 is 31.5. The molecule has 1 amide bonds. The van der Waals surface area contributed by atoms with Crippen molar-refractivity contribution in [2.75, 3.05) is 4.90 Å². The third-order valence-corrected chi connectivity index (χ3v) is 9.82. The number of thiazole rings is 1. The SMILES string of the molecule is CC(C)(C)c1ccc([C@@H]2C(C(=O)c3ccco3)=C(O)C(=O)N2c2ncc(S(=O)(=O)c3ccc([N+](=O)[O-])cc3)s2)cc1. The minimum Gasteiger partial charge on any atom is -0.503 e. The number of Topliss-reactive ketones (excluding diaryl/α,β-unsaturated/α-hetero) is 1. The van der Waals surface area contributed by atoms with Crippen LogP contribution in [-0.2, 0) is 20.0 Å². The molecule has 1 atom stereocenters. The van der Waals surface area contributed by atoms with E-state index in [-0.39, 0.29) is 36.7 Å². The van der Waals surface area contributed by atoms with Crippen LogP contribution in [0.4, 0.5) is 10.8 Å². The quantitative estimate of drug-likeness (QED) is 0.164. The number of anilines is 1. The van der Waals surface area contributed by atoms with Gasteiger partial charge >= 0.3 is 0 Å². The molecule has 11 nitrogen and oxygen atoms in total. The van der Waals surface area contributed by atoms with E-state index in [0.717, 1.165) is 40.9 Å². The largest absolute Gasteiger partial charge is 0.503 e. The third kappa shape index (κ3) is 4.93. The van der Waals surface area contributed by atoms with Crippen molar-refractivity contribution in [3.8, 4) is 0 Å². The third-order valence-electron chi connectivity index (χ3n) is 6.59. The van der Waals surface area contributed by atoms with Gasteiger partial charge in [0.2, 0.25) is 15.6 Å². The monoisotopic (exact) mass is 593 g/mol. The predicted octanol–water partition coefficient (Wildman–Crippen LogP) is 5.56. The maximum Gasteiger partial charge on any atom is 0.296 e. The summed E-state index contributed by atoms with van der Waals surface area (Å²) in [6, 6.07) is 13.3. The number of nitrogens with zero attached hydrogens (tertiary/aromatic N) is 3. The average molecular weight is 594 g/mol. The number of amides is 1. The van der Waals surface area contributed by atoms with Gasteiger partial charge < -0.3 is 9.52 Å². The Balaban J connectivity index is 1.58. The first-order valence-corrected chi connectivity index (χ1v) is 14.5. The Hall–Kier alpha value is -4.62. The average Bonchev–Trinajstić information content (AvgIpc) is 3.69. The van der Waals surface area contributed by atoms with Gasteiger partial charge in [0.25, 0.3) is 11.6 Å². The predicted molar refractivity (Wildman–Crippen MR) is 149 cm³/mol. The number of ketones is 1. The zero-order valence-corrected chi connectivity index (χ0v) is 23.6. The number of furan rings is 1. The molecule has 0 unspecified atom stereocenters. The van der Waals surface area contributed by atoms with Gasteiger partial charge in [-0.05, 0) is 40.8 Å². The van der Waals surface area contributed by atoms with Crippen LogP contribution < -0.4 is 4.90 Å². The number of carbonyl (C=O) groups excluding carboxylic acids is 2. The summed E-state index contributed by atoms with van der Waals surface area (Å²) in [6.45, 7) is 6.11. The minimum atomic E-state index is -4.15. The maximum absolute atomic E-state index is 13.4. The van der Waals surface area contributed by atoms with Crippen molar-refractivity contribution in [1.29, 1.82) is 0 Å². The lowest BCUT2D eigenvalue weighted by atomic mass is 9.85. The first-order valence-electron chi connectivity index (χ1n) is 12.2. The highest BCUT2D eigenvalue weighted by molar-refractivity contribution is 7.93. The van der Waals surface area contributed by atoms with E-state index >= 15 is 0 Å². The lowest BCUT2D eigenvalue weighted by molar-refractivity contribution is -0.384. The molecule has 1 N–H and O–H groups in total. The number of non-ortho nitro benzene ring substituents is 1. The van der Waals surface area contributed by atoms with Crippen LogP contribution in [0.1, 0.15) is 48.5 Å². The van der Waals surface area contributed by atoms with E-state index < -0.39 is 38.3 Å². The summed E-state index contributed by atoms with van der Waals surface area (Å²) in [4.78, 5) is 42.2. The topological polar surface area (TPSA) is 161 Å². The lowest BCUT2D eigenvalue weighted by Crippen LogP contribution is -2.31. The molecule has 2 aromatic heterocycles. The second-order valence-corrected chi connectivity index (χ2v) is 13.4. The van der Waals surface area contributed by atoms with Crippen molar-refractivity contribution in [1.82, 2.24) is 4.98 Å². The highest BCUT2D eigenvalue weighted by Crippen LogP contribution is 2.44. The summed E-state index contributed by atoms with van der Waals surface area (Å²) >= 11 is 0.665. The molecular weight excluding hydrogens is 570 g/mol. The molecule has 0 radical (unpaired) electrons. The molecule has 0 spiro atoms. The summed E-state index contributed by atoms with van der Waals surface area (Å²) in [5.74, 6) is -2.52. The Labute approximate surface area is 238 Å². The minimum absolute atomic E-state index is 0.0748. The van der Waals surface area contributed by atoms with Crippen molar-refractivity contribution in [3.05, 3.63) is 111 Å². The fourth-order valence-electron chi connectivity index (χ4n) is 4.41. The molecule has 5 rings (SSSR count). The molecule has 13 heteroatoms. The number of nitro groups is 1. The normalized spacial score (nSPS) is 15.9. The van der Waals surface area contributed by atoms with Crippen LogP contribution in [0.5, 0.6) is 0 Å². The second-order valence-electron chi connectivity index (χ2n) is 10.2. The first kappa shape index (κ1) is 27.9. The Morgan fingerprint density at radius 3 is 2.32 bits per heavy atom. The van der Waals surface area contributed by atoms with Crippen molar-refractivity contribution < 1.29 is 32.5 Å². The Kier molecular flexibility index (Phi) is 6.87. The van der Waals surface area contributed by atoms with E-state index in [1.807, 2.05) is 32.9 Å². The standard InChI is InChI=1S/C28H23N3O8S2/c1-28(2,3)17-8-6-16(7-9-17)23-22(24(32)20-5-4-14-39-20)25(33)26(34)30(23)27-29-15-21(40-27)41(37,38)19-12-10-18(11-13-19)31(35)36/h4-15,23,33H,1-3H3/t23-/m1/s1. The van der Waals surface area contributed by atoms with E-state index in [2.05, 4.69) is 4.98 Å². The van der Waals surface area contributed by atoms with Gasteiger partial charge in [-0.1, -0.05) is 56.4 Å². The molecule has 2 aromatic carbocycles. The van der Waals surface area contributed by atoms with Gasteiger partial charge in [0.15, 0.2) is 16.7 Å². The van der Waals surface area contributed by atoms with Gasteiger partial charge in [-0.2, -0.15) is 0 Å². The highest BCUT2D eigenvalue weighted by atomic mass is 32.2. The van der Waals surface area contributed by atoms with Crippen molar-refractivity contribution in [2.24, 2.45) is 0 Å². The van der Waals surface area contributed by atoms with Gasteiger partial charge in [-0.25, -0.2) is 13.4 Å². The fourth-order valence-corrected chi connectivity index (χ4v) is 6.95. The number of rotatable bonds is 7. The molecule has 0 saturated heterocycles. The summed E-state index contributed by atoms with van der Waals surface area (Å²) in [7, 11) is -4.15. The number of carbonyl (C=O) groups is 2. The molecule has 0 aliphatic carbocycles. The van der Waals surface area contributed by atoms with Crippen LogP contribution in [0, 0.1) is 10.1 Å². The molecular formula is C28H23N3O8S2. The van der Waals surface area contributed by atoms with Crippen LogP contribution >= 0.6 is 11.3 Å². The van der Waals surface area contributed by atoms with Crippen molar-refractivity contribution in [3.63, 3.8) is 0 Å². The number of hydrogen-bond donors (Lipinski definition) is 1. The van der Waals surface area contributed by atoms with Crippen molar-refractivity contribution >= 4 is 43.7 Å². The number of sulfone groups is 1.